The third kappa shape index (κ3) is 56.0. The molecular weight excluding hydrogens is 889 g/mol. The van der Waals surface area contributed by atoms with Gasteiger partial charge in [-0.3, -0.25) is 14.4 Å². The Kier molecular flexibility index (Phi) is 54.6. The number of esters is 3. The second-order valence-corrected chi connectivity index (χ2v) is 18.1. The number of carbonyl (C=O) groups excluding carboxylic acids is 3. The van der Waals surface area contributed by atoms with Crippen LogP contribution in [0, 0.1) is 0 Å². The van der Waals surface area contributed by atoms with Gasteiger partial charge in [-0.2, -0.15) is 0 Å². The van der Waals surface area contributed by atoms with Crippen LogP contribution in [0.15, 0.2) is 158 Å². The van der Waals surface area contributed by atoms with Gasteiger partial charge in [-0.1, -0.05) is 217 Å². The number of ether oxygens (including phenoxy) is 3. The molecule has 0 heterocycles. The van der Waals surface area contributed by atoms with Crippen molar-refractivity contribution in [2.24, 2.45) is 0 Å². The molecule has 6 heteroatoms. The van der Waals surface area contributed by atoms with Gasteiger partial charge in [-0.25, -0.2) is 0 Å². The van der Waals surface area contributed by atoms with Crippen molar-refractivity contribution in [2.45, 2.75) is 226 Å². The lowest BCUT2D eigenvalue weighted by Crippen LogP contribution is -2.30. The first kappa shape index (κ1) is 67.0. The van der Waals surface area contributed by atoms with Crippen LogP contribution in [0.4, 0.5) is 0 Å². The van der Waals surface area contributed by atoms with Crippen molar-refractivity contribution in [2.75, 3.05) is 13.2 Å². The molecule has 1 atom stereocenters. The maximum absolute atomic E-state index is 12.8. The van der Waals surface area contributed by atoms with Crippen molar-refractivity contribution < 1.29 is 28.6 Å². The SMILES string of the molecule is CC/C=C\C/C=C\C/C=C\C/C=C\C/C=C\C/C=C\C/C=C\C/C=C\CCCCC(=O)OCC(COC(=O)CCCCCCC/C=C\CCC)OC(=O)CCCCCC/C=C\C/C=C\C/C=C\C/C=C\CC. The Hall–Kier alpha value is -4.97. The lowest BCUT2D eigenvalue weighted by Gasteiger charge is -2.18. The quantitative estimate of drug-likeness (QED) is 0.0262. The van der Waals surface area contributed by atoms with Crippen molar-refractivity contribution in [1.82, 2.24) is 0 Å². The predicted molar refractivity (Wildman–Crippen MR) is 311 cm³/mol. The number of hydrogen-bond acceptors (Lipinski definition) is 6. The maximum Gasteiger partial charge on any atom is 0.306 e. The topological polar surface area (TPSA) is 78.9 Å². The van der Waals surface area contributed by atoms with Crippen LogP contribution in [-0.2, 0) is 28.6 Å². The van der Waals surface area contributed by atoms with Gasteiger partial charge in [0.05, 0.1) is 0 Å². The summed E-state index contributed by atoms with van der Waals surface area (Å²) in [4.78, 5) is 38.0. The Balaban J connectivity index is 4.45. The van der Waals surface area contributed by atoms with Gasteiger partial charge in [0, 0.05) is 19.3 Å². The number of allylic oxidation sites excluding steroid dienone is 26. The number of rotatable bonds is 49. The molecule has 0 spiro atoms. The van der Waals surface area contributed by atoms with Crippen molar-refractivity contribution in [3.05, 3.63) is 158 Å². The maximum atomic E-state index is 12.8. The van der Waals surface area contributed by atoms with E-state index in [1.54, 1.807) is 0 Å². The predicted octanol–water partition coefficient (Wildman–Crippen LogP) is 19.4. The van der Waals surface area contributed by atoms with Crippen molar-refractivity contribution >= 4 is 17.9 Å². The van der Waals surface area contributed by atoms with Crippen LogP contribution in [0.25, 0.3) is 0 Å². The normalized spacial score (nSPS) is 13.3. The fourth-order valence-electron chi connectivity index (χ4n) is 7.04. The molecule has 0 N–H and O–H groups in total. The smallest absolute Gasteiger partial charge is 0.306 e. The van der Waals surface area contributed by atoms with Crippen LogP contribution >= 0.6 is 0 Å². The molecule has 0 aromatic carbocycles. The summed E-state index contributed by atoms with van der Waals surface area (Å²) in [5, 5.41) is 0. The lowest BCUT2D eigenvalue weighted by atomic mass is 10.1. The Bertz CT molecular complexity index is 1660. The van der Waals surface area contributed by atoms with Crippen LogP contribution in [0.3, 0.4) is 0 Å². The average Bonchev–Trinajstić information content (AvgIpc) is 3.38. The Morgan fingerprint density at radius 2 is 0.542 bits per heavy atom. The lowest BCUT2D eigenvalue weighted by molar-refractivity contribution is -0.167. The van der Waals surface area contributed by atoms with Crippen LogP contribution in [-0.4, -0.2) is 37.2 Å². The molecule has 402 valence electrons. The minimum Gasteiger partial charge on any atom is -0.462 e. The fourth-order valence-corrected chi connectivity index (χ4v) is 7.04. The second kappa shape index (κ2) is 58.6. The molecule has 0 bridgehead atoms. The van der Waals surface area contributed by atoms with Gasteiger partial charge in [-0.05, 0) is 141 Å². The van der Waals surface area contributed by atoms with E-state index in [0.29, 0.717) is 12.8 Å². The van der Waals surface area contributed by atoms with E-state index < -0.39 is 6.10 Å². The van der Waals surface area contributed by atoms with E-state index in [1.165, 1.54) is 12.8 Å². The minimum atomic E-state index is -0.820. The van der Waals surface area contributed by atoms with Crippen molar-refractivity contribution in [1.29, 1.82) is 0 Å². The molecule has 72 heavy (non-hydrogen) atoms. The summed E-state index contributed by atoms with van der Waals surface area (Å²) in [5.74, 6) is -1.00. The zero-order valence-electron chi connectivity index (χ0n) is 45.9. The number of hydrogen-bond donors (Lipinski definition) is 0. The molecule has 0 aromatic rings. The van der Waals surface area contributed by atoms with Gasteiger partial charge < -0.3 is 14.2 Å². The first-order valence-corrected chi connectivity index (χ1v) is 28.5. The van der Waals surface area contributed by atoms with Gasteiger partial charge in [-0.15, -0.1) is 0 Å². The number of carbonyl (C=O) groups is 3. The molecule has 0 saturated heterocycles. The van der Waals surface area contributed by atoms with Gasteiger partial charge in [0.1, 0.15) is 13.2 Å². The zero-order chi connectivity index (χ0) is 52.2. The third-order valence-electron chi connectivity index (χ3n) is 11.2. The van der Waals surface area contributed by atoms with Crippen molar-refractivity contribution in [3.63, 3.8) is 0 Å². The first-order chi connectivity index (χ1) is 35.5. The molecule has 0 saturated carbocycles. The van der Waals surface area contributed by atoms with E-state index in [0.717, 1.165) is 161 Å². The molecular formula is C66H102O6. The molecule has 0 aliphatic heterocycles. The molecule has 0 aliphatic carbocycles. The molecule has 0 rings (SSSR count). The Morgan fingerprint density at radius 3 is 0.889 bits per heavy atom. The highest BCUT2D eigenvalue weighted by Gasteiger charge is 2.19. The highest BCUT2D eigenvalue weighted by atomic mass is 16.6. The largest absolute Gasteiger partial charge is 0.462 e. The summed E-state index contributed by atoms with van der Waals surface area (Å²) in [7, 11) is 0. The number of unbranched alkanes of at least 4 members (excludes halogenated alkanes) is 12. The minimum absolute atomic E-state index is 0.114. The summed E-state index contributed by atoms with van der Waals surface area (Å²) >= 11 is 0. The van der Waals surface area contributed by atoms with Crippen molar-refractivity contribution in [3.8, 4) is 0 Å². The van der Waals surface area contributed by atoms with E-state index in [1.807, 2.05) is 0 Å². The standard InChI is InChI=1S/C66H102O6/c1-4-7-10-13-16-19-22-24-26-28-29-30-31-32-33-34-35-36-37-39-40-42-44-47-50-53-56-59-65(68)71-62-63(61-70-64(67)58-55-52-49-46-21-18-15-12-9-6-3)72-66(69)60-57-54-51-48-45-43-41-38-27-25-23-20-17-14-11-8-5-2/h7-8,10-12,15-17,19-20,24-27,29-30,32-33,35-36,39-41,43-44,47,63H,4-6,9,13-14,18,21-23,28,31,34,37-38,42,45-46,48-62H2,1-3H3/b10-7-,11-8-,15-12-,19-16-,20-17-,26-24-,27-25-,30-29-,33-32-,36-35-,40-39-,43-41-,47-44-. The molecule has 0 aliphatic rings. The van der Waals surface area contributed by atoms with E-state index in [4.69, 9.17) is 14.2 Å². The highest BCUT2D eigenvalue weighted by molar-refractivity contribution is 5.71. The summed E-state index contributed by atoms with van der Waals surface area (Å²) in [6.07, 6.45) is 85.3. The third-order valence-corrected chi connectivity index (χ3v) is 11.2. The van der Waals surface area contributed by atoms with Gasteiger partial charge in [0.2, 0.25) is 0 Å². The monoisotopic (exact) mass is 991 g/mol. The Labute approximate surface area is 441 Å². The van der Waals surface area contributed by atoms with E-state index in [-0.39, 0.29) is 44.0 Å². The summed E-state index contributed by atoms with van der Waals surface area (Å²) in [6, 6.07) is 0. The second-order valence-electron chi connectivity index (χ2n) is 18.1. The fraction of sp³-hybridized carbons (Fsp3) is 0.561. The Morgan fingerprint density at radius 1 is 0.292 bits per heavy atom. The summed E-state index contributed by atoms with van der Waals surface area (Å²) in [6.45, 7) is 6.26. The molecule has 0 radical (unpaired) electrons. The van der Waals surface area contributed by atoms with E-state index >= 15 is 0 Å². The average molecular weight is 992 g/mol. The van der Waals surface area contributed by atoms with E-state index in [9.17, 15) is 14.4 Å². The summed E-state index contributed by atoms with van der Waals surface area (Å²) < 4.78 is 16.8. The van der Waals surface area contributed by atoms with Gasteiger partial charge >= 0.3 is 17.9 Å². The van der Waals surface area contributed by atoms with Gasteiger partial charge in [0.25, 0.3) is 0 Å². The first-order valence-electron chi connectivity index (χ1n) is 28.5. The highest BCUT2D eigenvalue weighted by Crippen LogP contribution is 2.12. The zero-order valence-corrected chi connectivity index (χ0v) is 45.9. The molecule has 0 amide bonds. The molecule has 1 unspecified atom stereocenters. The van der Waals surface area contributed by atoms with Crippen LogP contribution < -0.4 is 0 Å². The van der Waals surface area contributed by atoms with Crippen LogP contribution in [0.2, 0.25) is 0 Å². The molecule has 0 fully saturated rings. The summed E-state index contributed by atoms with van der Waals surface area (Å²) in [5.41, 5.74) is 0. The van der Waals surface area contributed by atoms with Gasteiger partial charge in [0.15, 0.2) is 6.10 Å². The van der Waals surface area contributed by atoms with E-state index in [2.05, 4.69) is 179 Å². The van der Waals surface area contributed by atoms with Crippen LogP contribution in [0.5, 0.6) is 0 Å². The van der Waals surface area contributed by atoms with Crippen LogP contribution in [0.1, 0.15) is 220 Å². The molecule has 6 nitrogen and oxygen atoms in total. The molecule has 0 aromatic heterocycles.